The van der Waals surface area contributed by atoms with Crippen LogP contribution in [-0.4, -0.2) is 35.1 Å². The number of nitrogens with one attached hydrogen (secondary N) is 1. The Labute approximate surface area is 127 Å². The highest BCUT2D eigenvalue weighted by Crippen LogP contribution is 2.25. The van der Waals surface area contributed by atoms with Crippen molar-refractivity contribution in [3.8, 4) is 0 Å². The summed E-state index contributed by atoms with van der Waals surface area (Å²) in [5.41, 5.74) is 1.03. The van der Waals surface area contributed by atoms with Gasteiger partial charge in [-0.05, 0) is 50.8 Å². The van der Waals surface area contributed by atoms with Crippen molar-refractivity contribution in [1.29, 1.82) is 0 Å². The largest absolute Gasteiger partial charge is 0.357 e. The molecule has 0 saturated carbocycles. The van der Waals surface area contributed by atoms with Gasteiger partial charge in [-0.2, -0.15) is 0 Å². The molecule has 1 saturated heterocycles. The molecule has 21 heavy (non-hydrogen) atoms. The van der Waals surface area contributed by atoms with Crippen LogP contribution in [0.3, 0.4) is 0 Å². The maximum Gasteiger partial charge on any atom is 0.138 e. The van der Waals surface area contributed by atoms with Crippen LogP contribution in [0.1, 0.15) is 33.1 Å². The van der Waals surface area contributed by atoms with Crippen LogP contribution >= 0.6 is 0 Å². The van der Waals surface area contributed by atoms with Gasteiger partial charge in [-0.15, -0.1) is 0 Å². The van der Waals surface area contributed by atoms with Gasteiger partial charge in [0.1, 0.15) is 11.5 Å². The molecule has 0 radical (unpaired) electrons. The fourth-order valence-electron chi connectivity index (χ4n) is 3.36. The number of rotatable bonds is 5. The molecule has 2 aromatic rings. The third-order valence-electron chi connectivity index (χ3n) is 4.61. The smallest absolute Gasteiger partial charge is 0.138 e. The summed E-state index contributed by atoms with van der Waals surface area (Å²) in [7, 11) is 0. The van der Waals surface area contributed by atoms with Crippen molar-refractivity contribution in [2.45, 2.75) is 39.2 Å². The van der Waals surface area contributed by atoms with Crippen molar-refractivity contribution in [1.82, 2.24) is 14.7 Å². The summed E-state index contributed by atoms with van der Waals surface area (Å²) in [5.74, 6) is 2.00. The SMILES string of the molecule is CCCNC(C)C1CCCN(c2cccc3nccn23)C1. The summed E-state index contributed by atoms with van der Waals surface area (Å²) in [6, 6.07) is 6.98. The van der Waals surface area contributed by atoms with E-state index < -0.39 is 0 Å². The second kappa shape index (κ2) is 6.48. The average molecular weight is 286 g/mol. The Balaban J connectivity index is 1.75. The second-order valence-corrected chi connectivity index (χ2v) is 6.13. The Morgan fingerprint density at radius 2 is 2.33 bits per heavy atom. The molecule has 0 aliphatic carbocycles. The lowest BCUT2D eigenvalue weighted by atomic mass is 9.91. The van der Waals surface area contributed by atoms with Crippen LogP contribution in [0, 0.1) is 5.92 Å². The average Bonchev–Trinajstić information content (AvgIpc) is 3.01. The molecule has 0 amide bonds. The van der Waals surface area contributed by atoms with E-state index in [4.69, 9.17) is 0 Å². The van der Waals surface area contributed by atoms with Gasteiger partial charge in [-0.1, -0.05) is 13.0 Å². The highest BCUT2D eigenvalue weighted by Gasteiger charge is 2.25. The van der Waals surface area contributed by atoms with Gasteiger partial charge in [0.05, 0.1) is 0 Å². The first-order chi connectivity index (χ1) is 10.3. The van der Waals surface area contributed by atoms with Crippen LogP contribution in [0.25, 0.3) is 5.65 Å². The minimum absolute atomic E-state index is 0.592. The van der Waals surface area contributed by atoms with E-state index >= 15 is 0 Å². The molecule has 3 rings (SSSR count). The molecular formula is C17H26N4. The van der Waals surface area contributed by atoms with E-state index in [0.29, 0.717) is 6.04 Å². The maximum atomic E-state index is 4.39. The number of hydrogen-bond donors (Lipinski definition) is 1. The third-order valence-corrected chi connectivity index (χ3v) is 4.61. The minimum atomic E-state index is 0.592. The molecule has 114 valence electrons. The number of pyridine rings is 1. The molecule has 1 aliphatic heterocycles. The lowest BCUT2D eigenvalue weighted by Crippen LogP contribution is -2.45. The molecule has 0 spiro atoms. The van der Waals surface area contributed by atoms with Crippen LogP contribution in [0.15, 0.2) is 30.6 Å². The van der Waals surface area contributed by atoms with Crippen LogP contribution in [0.2, 0.25) is 0 Å². The van der Waals surface area contributed by atoms with E-state index in [1.807, 2.05) is 6.20 Å². The van der Waals surface area contributed by atoms with Crippen molar-refractivity contribution in [3.63, 3.8) is 0 Å². The summed E-state index contributed by atoms with van der Waals surface area (Å²) in [4.78, 5) is 6.91. The fraction of sp³-hybridized carbons (Fsp3) is 0.588. The summed E-state index contributed by atoms with van der Waals surface area (Å²) < 4.78 is 2.20. The van der Waals surface area contributed by atoms with Crippen molar-refractivity contribution in [3.05, 3.63) is 30.6 Å². The van der Waals surface area contributed by atoms with E-state index in [9.17, 15) is 0 Å². The lowest BCUT2D eigenvalue weighted by molar-refractivity contribution is 0.319. The van der Waals surface area contributed by atoms with Crippen molar-refractivity contribution in [2.75, 3.05) is 24.5 Å². The summed E-state index contributed by atoms with van der Waals surface area (Å²) in [6.45, 7) is 7.96. The van der Waals surface area contributed by atoms with Gasteiger partial charge in [0.2, 0.25) is 0 Å². The zero-order valence-corrected chi connectivity index (χ0v) is 13.1. The molecule has 0 aromatic carbocycles. The molecule has 1 N–H and O–H groups in total. The van der Waals surface area contributed by atoms with Gasteiger partial charge < -0.3 is 10.2 Å². The van der Waals surface area contributed by atoms with Crippen LogP contribution < -0.4 is 10.2 Å². The van der Waals surface area contributed by atoms with Gasteiger partial charge >= 0.3 is 0 Å². The van der Waals surface area contributed by atoms with Gasteiger partial charge in [0.15, 0.2) is 0 Å². The first-order valence-electron chi connectivity index (χ1n) is 8.20. The normalized spacial score (nSPS) is 20.9. The van der Waals surface area contributed by atoms with Gasteiger partial charge in [-0.3, -0.25) is 4.40 Å². The number of nitrogens with zero attached hydrogens (tertiary/aromatic N) is 3. The van der Waals surface area contributed by atoms with Crippen molar-refractivity contribution in [2.24, 2.45) is 5.92 Å². The first-order valence-corrected chi connectivity index (χ1v) is 8.20. The van der Waals surface area contributed by atoms with E-state index in [1.54, 1.807) is 0 Å². The molecule has 2 unspecified atom stereocenters. The number of aromatic nitrogens is 2. The first kappa shape index (κ1) is 14.4. The van der Waals surface area contributed by atoms with Gasteiger partial charge in [0, 0.05) is 31.5 Å². The predicted molar refractivity (Wildman–Crippen MR) is 87.9 cm³/mol. The molecular weight excluding hydrogens is 260 g/mol. The molecule has 0 bridgehead atoms. The number of piperidine rings is 1. The topological polar surface area (TPSA) is 32.6 Å². The monoisotopic (exact) mass is 286 g/mol. The Morgan fingerprint density at radius 3 is 3.19 bits per heavy atom. The van der Waals surface area contributed by atoms with E-state index in [0.717, 1.165) is 31.2 Å². The van der Waals surface area contributed by atoms with Crippen LogP contribution in [0.5, 0.6) is 0 Å². The number of fused-ring (bicyclic) bond motifs is 1. The van der Waals surface area contributed by atoms with E-state index in [-0.39, 0.29) is 0 Å². The van der Waals surface area contributed by atoms with Crippen LogP contribution in [0.4, 0.5) is 5.82 Å². The maximum absolute atomic E-state index is 4.39. The van der Waals surface area contributed by atoms with Crippen molar-refractivity contribution < 1.29 is 0 Å². The zero-order valence-electron chi connectivity index (χ0n) is 13.1. The number of hydrogen-bond acceptors (Lipinski definition) is 3. The lowest BCUT2D eigenvalue weighted by Gasteiger charge is -2.37. The summed E-state index contributed by atoms with van der Waals surface area (Å²) >= 11 is 0. The standard InChI is InChI=1S/C17H26N4/c1-3-9-18-14(2)15-6-5-11-20(13-15)17-8-4-7-16-19-10-12-21(16)17/h4,7-8,10,12,14-15,18H,3,5-6,9,11,13H2,1-2H3. The highest BCUT2D eigenvalue weighted by atomic mass is 15.2. The second-order valence-electron chi connectivity index (χ2n) is 6.13. The fourth-order valence-corrected chi connectivity index (χ4v) is 3.36. The zero-order chi connectivity index (χ0) is 14.7. The Bertz CT molecular complexity index is 577. The predicted octanol–water partition coefficient (Wildman–Crippen LogP) is 2.94. The Kier molecular flexibility index (Phi) is 4.44. The van der Waals surface area contributed by atoms with E-state index in [1.165, 1.54) is 25.1 Å². The number of imidazole rings is 1. The summed E-state index contributed by atoms with van der Waals surface area (Å²) in [6.07, 6.45) is 7.75. The molecule has 4 heteroatoms. The van der Waals surface area contributed by atoms with Crippen LogP contribution in [-0.2, 0) is 0 Å². The quantitative estimate of drug-likeness (QED) is 0.917. The molecule has 2 atom stereocenters. The Hall–Kier alpha value is -1.55. The molecule has 4 nitrogen and oxygen atoms in total. The van der Waals surface area contributed by atoms with Gasteiger partial charge in [-0.25, -0.2) is 4.98 Å². The highest BCUT2D eigenvalue weighted by molar-refractivity contribution is 5.51. The minimum Gasteiger partial charge on any atom is -0.357 e. The van der Waals surface area contributed by atoms with E-state index in [2.05, 4.69) is 57.8 Å². The molecule has 2 aromatic heterocycles. The van der Waals surface area contributed by atoms with Crippen molar-refractivity contribution >= 4 is 11.5 Å². The molecule has 3 heterocycles. The third kappa shape index (κ3) is 3.05. The molecule has 1 fully saturated rings. The number of anilines is 1. The molecule has 1 aliphatic rings. The Morgan fingerprint density at radius 1 is 1.43 bits per heavy atom. The summed E-state index contributed by atoms with van der Waals surface area (Å²) in [5, 5.41) is 3.66. The van der Waals surface area contributed by atoms with Gasteiger partial charge in [0.25, 0.3) is 0 Å².